The summed E-state index contributed by atoms with van der Waals surface area (Å²) in [6, 6.07) is 5.69. The number of hydrogen-bond donors (Lipinski definition) is 1. The van der Waals surface area contributed by atoms with Crippen LogP contribution in [0.15, 0.2) is 18.2 Å². The second kappa shape index (κ2) is 10.5. The molecule has 0 bridgehead atoms. The molecule has 1 fully saturated rings. The Labute approximate surface area is 192 Å². The molecule has 6 nitrogen and oxygen atoms in total. The summed E-state index contributed by atoms with van der Waals surface area (Å²) >= 11 is 7.74. The molecule has 1 N–H and O–H groups in total. The molecule has 3 rings (SSSR count). The fraction of sp³-hybridized carbons (Fsp3) is 0.522. The predicted octanol–water partition coefficient (Wildman–Crippen LogP) is 5.55. The third-order valence-electron chi connectivity index (χ3n) is 5.61. The predicted molar refractivity (Wildman–Crippen MR) is 123 cm³/mol. The van der Waals surface area contributed by atoms with E-state index in [1.54, 1.807) is 11.9 Å². The minimum Gasteiger partial charge on any atom is -0.489 e. The van der Waals surface area contributed by atoms with Gasteiger partial charge in [0.1, 0.15) is 5.75 Å². The van der Waals surface area contributed by atoms with Crippen molar-refractivity contribution >= 4 is 34.8 Å². The van der Waals surface area contributed by atoms with Gasteiger partial charge in [-0.05, 0) is 62.8 Å². The van der Waals surface area contributed by atoms with Crippen LogP contribution >= 0.6 is 22.9 Å². The van der Waals surface area contributed by atoms with Crippen LogP contribution in [0.2, 0.25) is 4.34 Å². The van der Waals surface area contributed by atoms with Crippen LogP contribution in [0.1, 0.15) is 56.7 Å². The Morgan fingerprint density at radius 3 is 2.81 bits per heavy atom. The average Bonchev–Trinajstić information content (AvgIpc) is 3.09. The number of nitrogens with zero attached hydrogens (tertiary/aromatic N) is 2. The van der Waals surface area contributed by atoms with E-state index in [4.69, 9.17) is 21.3 Å². The average molecular weight is 465 g/mol. The molecule has 0 aromatic carbocycles. The van der Waals surface area contributed by atoms with Crippen LogP contribution in [-0.2, 0) is 16.1 Å². The van der Waals surface area contributed by atoms with E-state index in [-0.39, 0.29) is 17.9 Å². The van der Waals surface area contributed by atoms with E-state index in [2.05, 4.69) is 0 Å². The Morgan fingerprint density at radius 1 is 1.35 bits per heavy atom. The first-order valence-corrected chi connectivity index (χ1v) is 11.9. The van der Waals surface area contributed by atoms with Crippen molar-refractivity contribution in [3.05, 3.63) is 33.8 Å². The van der Waals surface area contributed by atoms with Crippen molar-refractivity contribution in [2.24, 2.45) is 5.92 Å². The van der Waals surface area contributed by atoms with Crippen LogP contribution in [0.3, 0.4) is 0 Å². The molecule has 1 aliphatic carbocycles. The van der Waals surface area contributed by atoms with Gasteiger partial charge in [-0.3, -0.25) is 9.59 Å². The number of halogens is 1. The molecule has 0 spiro atoms. The van der Waals surface area contributed by atoms with E-state index < -0.39 is 5.97 Å². The summed E-state index contributed by atoms with van der Waals surface area (Å²) in [5, 5.41) is 9.29. The Hall–Kier alpha value is -2.12. The highest BCUT2D eigenvalue weighted by molar-refractivity contribution is 7.19. The number of thiophene rings is 1. The second-order valence-electron chi connectivity index (χ2n) is 8.13. The molecule has 0 aliphatic heterocycles. The first-order valence-electron chi connectivity index (χ1n) is 10.7. The molecule has 31 heavy (non-hydrogen) atoms. The van der Waals surface area contributed by atoms with Gasteiger partial charge in [-0.15, -0.1) is 11.3 Å². The fourth-order valence-corrected chi connectivity index (χ4v) is 5.17. The molecular weight excluding hydrogens is 436 g/mol. The summed E-state index contributed by atoms with van der Waals surface area (Å²) in [6.07, 6.45) is 4.18. The zero-order valence-corrected chi connectivity index (χ0v) is 19.8. The molecule has 2 aromatic heterocycles. The van der Waals surface area contributed by atoms with Crippen LogP contribution in [0.25, 0.3) is 10.6 Å². The van der Waals surface area contributed by atoms with E-state index in [1.165, 1.54) is 11.3 Å². The van der Waals surface area contributed by atoms with Crippen molar-refractivity contribution in [3.8, 4) is 16.3 Å². The highest BCUT2D eigenvalue weighted by atomic mass is 35.5. The van der Waals surface area contributed by atoms with Crippen LogP contribution in [-0.4, -0.2) is 40.0 Å². The van der Waals surface area contributed by atoms with Gasteiger partial charge in [-0.2, -0.15) is 0 Å². The minimum absolute atomic E-state index is 0.105. The number of rotatable bonds is 8. The number of carbonyl (C=O) groups excluding carboxylic acids is 1. The Kier molecular flexibility index (Phi) is 7.94. The number of carboxylic acids is 1. The lowest BCUT2D eigenvalue weighted by atomic mass is 9.87. The van der Waals surface area contributed by atoms with Gasteiger partial charge in [-0.1, -0.05) is 18.5 Å². The number of aliphatic carboxylic acids is 1. The second-order valence-corrected chi connectivity index (χ2v) is 9.81. The molecule has 0 radical (unpaired) electrons. The summed E-state index contributed by atoms with van der Waals surface area (Å²) in [5.74, 6) is -0.299. The standard InChI is InChI=1S/C23H29ClN2O4S/c1-4-6-21(27)26(3)13-16-12-20(24)31-22(16)18-9-10-19(14(2)25-18)30-17-8-5-7-15(11-17)23(28)29/h9-10,12,15,17H,4-8,11,13H2,1-3H3,(H,28,29)/t15-,17-/m0/s1. The monoisotopic (exact) mass is 464 g/mol. The summed E-state index contributed by atoms with van der Waals surface area (Å²) in [7, 11) is 1.80. The number of aryl methyl sites for hydroxylation is 1. The van der Waals surface area contributed by atoms with Gasteiger partial charge in [0, 0.05) is 20.0 Å². The number of ether oxygens (including phenoxy) is 1. The van der Waals surface area contributed by atoms with E-state index in [1.807, 2.05) is 32.0 Å². The lowest BCUT2D eigenvalue weighted by molar-refractivity contribution is -0.143. The van der Waals surface area contributed by atoms with Gasteiger partial charge in [-0.25, -0.2) is 4.98 Å². The van der Waals surface area contributed by atoms with Crippen molar-refractivity contribution in [1.82, 2.24) is 9.88 Å². The molecule has 2 atom stereocenters. The Morgan fingerprint density at radius 2 is 2.13 bits per heavy atom. The SMILES string of the molecule is CCCC(=O)N(C)Cc1cc(Cl)sc1-c1ccc(O[C@H]2CCC[C@H](C(=O)O)C2)c(C)n1. The van der Waals surface area contributed by atoms with Crippen LogP contribution in [0, 0.1) is 12.8 Å². The van der Waals surface area contributed by atoms with Gasteiger partial charge >= 0.3 is 5.97 Å². The maximum Gasteiger partial charge on any atom is 0.306 e. The topological polar surface area (TPSA) is 79.7 Å². The number of hydrogen-bond acceptors (Lipinski definition) is 5. The van der Waals surface area contributed by atoms with Gasteiger partial charge in [0.2, 0.25) is 5.91 Å². The van der Waals surface area contributed by atoms with Crippen LogP contribution < -0.4 is 4.74 Å². The van der Waals surface area contributed by atoms with Crippen molar-refractivity contribution in [3.63, 3.8) is 0 Å². The Balaban J connectivity index is 1.75. The summed E-state index contributed by atoms with van der Waals surface area (Å²) < 4.78 is 6.77. The van der Waals surface area contributed by atoms with E-state index >= 15 is 0 Å². The summed E-state index contributed by atoms with van der Waals surface area (Å²) in [4.78, 5) is 30.9. The highest BCUT2D eigenvalue weighted by Gasteiger charge is 2.28. The molecule has 0 unspecified atom stereocenters. The van der Waals surface area contributed by atoms with Crippen LogP contribution in [0.4, 0.5) is 0 Å². The molecule has 0 saturated heterocycles. The van der Waals surface area contributed by atoms with Crippen molar-refractivity contribution in [2.45, 2.75) is 65.0 Å². The highest BCUT2D eigenvalue weighted by Crippen LogP contribution is 2.37. The normalized spacial score (nSPS) is 18.6. The third-order valence-corrected chi connectivity index (χ3v) is 6.94. The first-order chi connectivity index (χ1) is 14.8. The van der Waals surface area contributed by atoms with Gasteiger partial charge in [0.25, 0.3) is 0 Å². The van der Waals surface area contributed by atoms with Crippen molar-refractivity contribution in [2.75, 3.05) is 7.05 Å². The number of carbonyl (C=O) groups is 2. The molecule has 1 aliphatic rings. The van der Waals surface area contributed by atoms with Gasteiger partial charge in [0.05, 0.1) is 32.6 Å². The molecule has 2 heterocycles. The number of carboxylic acid groups (broad SMARTS) is 1. The maximum atomic E-state index is 12.2. The van der Waals surface area contributed by atoms with E-state index in [0.29, 0.717) is 35.9 Å². The van der Waals surface area contributed by atoms with Crippen LogP contribution in [0.5, 0.6) is 5.75 Å². The maximum absolute atomic E-state index is 12.2. The molecule has 2 aromatic rings. The summed E-state index contributed by atoms with van der Waals surface area (Å²) in [6.45, 7) is 4.36. The van der Waals surface area contributed by atoms with Crippen molar-refractivity contribution < 1.29 is 19.4 Å². The molecule has 1 saturated carbocycles. The lowest BCUT2D eigenvalue weighted by Crippen LogP contribution is -2.29. The first kappa shape index (κ1) is 23.5. The number of amides is 1. The van der Waals surface area contributed by atoms with E-state index in [9.17, 15) is 14.7 Å². The molecule has 1 amide bonds. The molecular formula is C23H29ClN2O4S. The Bertz CT molecular complexity index is 946. The number of aromatic nitrogens is 1. The molecule has 8 heteroatoms. The largest absolute Gasteiger partial charge is 0.489 e. The quantitative estimate of drug-likeness (QED) is 0.553. The van der Waals surface area contributed by atoms with Gasteiger partial charge < -0.3 is 14.7 Å². The van der Waals surface area contributed by atoms with E-state index in [0.717, 1.165) is 41.1 Å². The number of pyridine rings is 1. The fourth-order valence-electron chi connectivity index (χ4n) is 3.93. The molecule has 168 valence electrons. The zero-order chi connectivity index (χ0) is 22.5. The van der Waals surface area contributed by atoms with Gasteiger partial charge in [0.15, 0.2) is 0 Å². The zero-order valence-electron chi connectivity index (χ0n) is 18.2. The smallest absolute Gasteiger partial charge is 0.306 e. The lowest BCUT2D eigenvalue weighted by Gasteiger charge is -2.27. The minimum atomic E-state index is -0.747. The van der Waals surface area contributed by atoms with Crippen molar-refractivity contribution in [1.29, 1.82) is 0 Å². The third kappa shape index (κ3) is 5.98. The summed E-state index contributed by atoms with van der Waals surface area (Å²) in [5.41, 5.74) is 2.51.